The van der Waals surface area contributed by atoms with Crippen molar-refractivity contribution in [2.24, 2.45) is 0 Å². The molecule has 1 fully saturated rings. The number of carboxylic acid groups (broad SMARTS) is 1. The van der Waals surface area contributed by atoms with E-state index in [2.05, 4.69) is 11.5 Å². The number of piperidine rings is 1. The van der Waals surface area contributed by atoms with Crippen LogP contribution in [0.25, 0.3) is 11.0 Å². The fourth-order valence-corrected chi connectivity index (χ4v) is 4.22. The van der Waals surface area contributed by atoms with Gasteiger partial charge in [-0.15, -0.1) is 0 Å². The van der Waals surface area contributed by atoms with Gasteiger partial charge in [0, 0.05) is 31.6 Å². The number of carboxylic acids is 1. The van der Waals surface area contributed by atoms with Gasteiger partial charge in [0.25, 0.3) is 5.91 Å². The second kappa shape index (κ2) is 9.33. The highest BCUT2D eigenvalue weighted by atomic mass is 16.4. The van der Waals surface area contributed by atoms with E-state index < -0.39 is 5.97 Å². The van der Waals surface area contributed by atoms with Gasteiger partial charge in [0.1, 0.15) is 5.82 Å². The number of imidazole rings is 1. The van der Waals surface area contributed by atoms with Crippen LogP contribution < -0.4 is 0 Å². The van der Waals surface area contributed by atoms with Crippen LogP contribution in [-0.4, -0.2) is 44.5 Å². The summed E-state index contributed by atoms with van der Waals surface area (Å²) in [7, 11) is 0. The summed E-state index contributed by atoms with van der Waals surface area (Å²) in [5, 5.41) is 9.15. The lowest BCUT2D eigenvalue weighted by atomic mass is 10.1. The monoisotopic (exact) mass is 419 g/mol. The van der Waals surface area contributed by atoms with Crippen LogP contribution in [0.15, 0.2) is 42.5 Å². The van der Waals surface area contributed by atoms with E-state index in [0.717, 1.165) is 67.6 Å². The van der Waals surface area contributed by atoms with E-state index >= 15 is 0 Å². The van der Waals surface area contributed by atoms with Crippen molar-refractivity contribution < 1.29 is 14.7 Å². The van der Waals surface area contributed by atoms with Gasteiger partial charge in [0.15, 0.2) is 0 Å². The lowest BCUT2D eigenvalue weighted by Gasteiger charge is -2.26. The van der Waals surface area contributed by atoms with Crippen LogP contribution in [-0.2, 0) is 13.0 Å². The third-order valence-electron chi connectivity index (χ3n) is 6.01. The molecule has 6 heteroatoms. The molecule has 0 saturated carbocycles. The molecule has 1 aromatic heterocycles. The number of hydrogen-bond donors (Lipinski definition) is 1. The third-order valence-corrected chi connectivity index (χ3v) is 6.01. The topological polar surface area (TPSA) is 75.4 Å². The average Bonchev–Trinajstić information content (AvgIpc) is 3.14. The first-order valence-corrected chi connectivity index (χ1v) is 11.2. The van der Waals surface area contributed by atoms with Gasteiger partial charge >= 0.3 is 5.97 Å². The summed E-state index contributed by atoms with van der Waals surface area (Å²) in [6.07, 6.45) is 6.32. The molecule has 1 saturated heterocycles. The molecular weight excluding hydrogens is 390 g/mol. The number of hydrogen-bond acceptors (Lipinski definition) is 3. The molecule has 0 aliphatic carbocycles. The van der Waals surface area contributed by atoms with Crippen molar-refractivity contribution in [3.8, 4) is 0 Å². The lowest BCUT2D eigenvalue weighted by Crippen LogP contribution is -2.35. The molecule has 6 nitrogen and oxygen atoms in total. The van der Waals surface area contributed by atoms with Crippen molar-refractivity contribution >= 4 is 22.9 Å². The molecular formula is C25H29N3O3. The molecule has 1 amide bonds. The Morgan fingerprint density at radius 1 is 1.00 bits per heavy atom. The average molecular weight is 420 g/mol. The Morgan fingerprint density at radius 3 is 2.39 bits per heavy atom. The minimum Gasteiger partial charge on any atom is -0.478 e. The first-order valence-electron chi connectivity index (χ1n) is 11.2. The summed E-state index contributed by atoms with van der Waals surface area (Å²) in [5.74, 6) is 0.168. The standard InChI is InChI=1S/C25H29N3O3/c1-2-3-7-23-26-21-13-12-20(24(29)27-14-5-4-6-15-27)16-22(21)28(23)17-18-8-10-19(11-9-18)25(30)31/h8-13,16H,2-7,14-15,17H2,1H3,(H,30,31). The molecule has 4 rings (SSSR count). The zero-order chi connectivity index (χ0) is 21.8. The molecule has 2 aromatic carbocycles. The molecule has 1 N–H and O–H groups in total. The van der Waals surface area contributed by atoms with Crippen LogP contribution in [0.4, 0.5) is 0 Å². The Hall–Kier alpha value is -3.15. The summed E-state index contributed by atoms with van der Waals surface area (Å²) in [5.41, 5.74) is 3.84. The van der Waals surface area contributed by atoms with E-state index in [1.165, 1.54) is 6.42 Å². The van der Waals surface area contributed by atoms with Crippen molar-refractivity contribution in [1.29, 1.82) is 0 Å². The maximum Gasteiger partial charge on any atom is 0.335 e. The molecule has 1 aliphatic heterocycles. The normalized spacial score (nSPS) is 14.2. The molecule has 0 bridgehead atoms. The number of unbranched alkanes of at least 4 members (excludes halogenated alkanes) is 1. The second-order valence-electron chi connectivity index (χ2n) is 8.28. The van der Waals surface area contributed by atoms with Crippen LogP contribution in [0.1, 0.15) is 71.1 Å². The summed E-state index contributed by atoms with van der Waals surface area (Å²) in [6.45, 7) is 4.41. The Balaban J connectivity index is 1.69. The van der Waals surface area contributed by atoms with Crippen molar-refractivity contribution in [2.75, 3.05) is 13.1 Å². The predicted octanol–water partition coefficient (Wildman–Crippen LogP) is 4.75. The number of rotatable bonds is 7. The number of amides is 1. The second-order valence-corrected chi connectivity index (χ2v) is 8.28. The van der Waals surface area contributed by atoms with Crippen LogP contribution in [0.5, 0.6) is 0 Å². The highest BCUT2D eigenvalue weighted by molar-refractivity contribution is 5.97. The van der Waals surface area contributed by atoms with E-state index in [1.807, 2.05) is 35.2 Å². The van der Waals surface area contributed by atoms with E-state index in [4.69, 9.17) is 10.1 Å². The Bertz CT molecular complexity index is 1080. The highest BCUT2D eigenvalue weighted by Gasteiger charge is 2.20. The van der Waals surface area contributed by atoms with Gasteiger partial charge in [-0.2, -0.15) is 0 Å². The SMILES string of the molecule is CCCCc1nc2ccc(C(=O)N3CCCCC3)cc2n1Cc1ccc(C(=O)O)cc1. The molecule has 0 atom stereocenters. The first-order chi connectivity index (χ1) is 15.1. The maximum atomic E-state index is 13.0. The number of benzene rings is 2. The van der Waals surface area contributed by atoms with Gasteiger partial charge in [-0.3, -0.25) is 4.79 Å². The van der Waals surface area contributed by atoms with Crippen molar-refractivity contribution in [3.05, 3.63) is 65.0 Å². The summed E-state index contributed by atoms with van der Waals surface area (Å²) in [4.78, 5) is 31.0. The number of nitrogens with zero attached hydrogens (tertiary/aromatic N) is 3. The van der Waals surface area contributed by atoms with Gasteiger partial charge in [0.05, 0.1) is 16.6 Å². The van der Waals surface area contributed by atoms with Gasteiger partial charge in [-0.25, -0.2) is 9.78 Å². The maximum absolute atomic E-state index is 13.0. The van der Waals surface area contributed by atoms with E-state index in [-0.39, 0.29) is 11.5 Å². The molecule has 0 unspecified atom stereocenters. The molecule has 0 spiro atoms. The minimum absolute atomic E-state index is 0.0928. The molecule has 162 valence electrons. The van der Waals surface area contributed by atoms with Crippen molar-refractivity contribution in [2.45, 2.75) is 52.0 Å². The van der Waals surface area contributed by atoms with Crippen LogP contribution in [0.2, 0.25) is 0 Å². The van der Waals surface area contributed by atoms with E-state index in [0.29, 0.717) is 12.1 Å². The largest absolute Gasteiger partial charge is 0.478 e. The number of carbonyl (C=O) groups is 2. The molecule has 1 aliphatic rings. The summed E-state index contributed by atoms with van der Waals surface area (Å²) < 4.78 is 2.17. The lowest BCUT2D eigenvalue weighted by molar-refractivity contribution is 0.0694. The van der Waals surface area contributed by atoms with Gasteiger partial charge in [-0.1, -0.05) is 25.5 Å². The van der Waals surface area contributed by atoms with Crippen molar-refractivity contribution in [3.63, 3.8) is 0 Å². The Morgan fingerprint density at radius 2 is 1.71 bits per heavy atom. The summed E-state index contributed by atoms with van der Waals surface area (Å²) >= 11 is 0. The fourth-order valence-electron chi connectivity index (χ4n) is 4.22. The minimum atomic E-state index is -0.927. The predicted molar refractivity (Wildman–Crippen MR) is 121 cm³/mol. The number of likely N-dealkylation sites (tertiary alicyclic amines) is 1. The highest BCUT2D eigenvalue weighted by Crippen LogP contribution is 2.23. The fraction of sp³-hybridized carbons (Fsp3) is 0.400. The zero-order valence-corrected chi connectivity index (χ0v) is 18.0. The van der Waals surface area contributed by atoms with Crippen LogP contribution in [0.3, 0.4) is 0 Å². The number of aryl methyl sites for hydroxylation is 1. The number of aromatic nitrogens is 2. The molecule has 2 heterocycles. The zero-order valence-electron chi connectivity index (χ0n) is 18.0. The van der Waals surface area contributed by atoms with Gasteiger partial charge in [0.2, 0.25) is 0 Å². The number of carbonyl (C=O) groups excluding carboxylic acids is 1. The van der Waals surface area contributed by atoms with Crippen LogP contribution >= 0.6 is 0 Å². The molecule has 31 heavy (non-hydrogen) atoms. The van der Waals surface area contributed by atoms with Gasteiger partial charge < -0.3 is 14.6 Å². The molecule has 0 radical (unpaired) electrons. The van der Waals surface area contributed by atoms with Crippen molar-refractivity contribution in [1.82, 2.24) is 14.5 Å². The molecule has 3 aromatic rings. The quantitative estimate of drug-likeness (QED) is 0.600. The Labute approximate surface area is 182 Å². The smallest absolute Gasteiger partial charge is 0.335 e. The van der Waals surface area contributed by atoms with E-state index in [1.54, 1.807) is 12.1 Å². The van der Waals surface area contributed by atoms with E-state index in [9.17, 15) is 9.59 Å². The van der Waals surface area contributed by atoms with Gasteiger partial charge in [-0.05, 0) is 61.6 Å². The van der Waals surface area contributed by atoms with Crippen LogP contribution in [0, 0.1) is 0 Å². The number of aromatic carboxylic acids is 1. The Kier molecular flexibility index (Phi) is 6.35. The summed E-state index contributed by atoms with van der Waals surface area (Å²) in [6, 6.07) is 12.8. The third kappa shape index (κ3) is 4.63. The number of fused-ring (bicyclic) bond motifs is 1. The first kappa shape index (κ1) is 21.1.